The molecule has 0 heterocycles. The van der Waals surface area contributed by atoms with Crippen molar-refractivity contribution in [3.63, 3.8) is 0 Å². The van der Waals surface area contributed by atoms with Gasteiger partial charge in [-0.1, -0.05) is 6.92 Å². The van der Waals surface area contributed by atoms with Crippen LogP contribution in [0.3, 0.4) is 0 Å². The molecule has 62 valence electrons. The van der Waals surface area contributed by atoms with Gasteiger partial charge >= 0.3 is 0 Å². The molecule has 0 aromatic carbocycles. The van der Waals surface area contributed by atoms with Crippen molar-refractivity contribution in [2.75, 3.05) is 6.67 Å². The zero-order valence-corrected chi connectivity index (χ0v) is 6.12. The van der Waals surface area contributed by atoms with Crippen molar-refractivity contribution in [3.05, 3.63) is 0 Å². The van der Waals surface area contributed by atoms with Crippen LogP contribution >= 0.6 is 0 Å². The highest BCUT2D eigenvalue weighted by molar-refractivity contribution is 4.65. The van der Waals surface area contributed by atoms with Gasteiger partial charge < -0.3 is 0 Å². The summed E-state index contributed by atoms with van der Waals surface area (Å²) in [4.78, 5) is 0. The molecule has 0 aromatic heterocycles. The summed E-state index contributed by atoms with van der Waals surface area (Å²) in [6, 6.07) is 0. The van der Waals surface area contributed by atoms with Crippen molar-refractivity contribution in [2.45, 2.75) is 38.5 Å². The summed E-state index contributed by atoms with van der Waals surface area (Å²) in [6.07, 6.45) is -2.58. The third kappa shape index (κ3) is 3.75. The fourth-order valence-corrected chi connectivity index (χ4v) is 0.709. The maximum absolute atomic E-state index is 12.4. The Hall–Kier alpha value is -0.210. The summed E-state index contributed by atoms with van der Waals surface area (Å²) in [5.41, 5.74) is 0. The first-order chi connectivity index (χ1) is 4.72. The van der Waals surface area contributed by atoms with E-state index < -0.39 is 19.0 Å². The topological polar surface area (TPSA) is 0 Å². The molecule has 0 spiro atoms. The van der Waals surface area contributed by atoms with Crippen molar-refractivity contribution in [1.82, 2.24) is 0 Å². The van der Waals surface area contributed by atoms with E-state index in [4.69, 9.17) is 0 Å². The van der Waals surface area contributed by atoms with Crippen molar-refractivity contribution < 1.29 is 13.2 Å². The second kappa shape index (κ2) is 5.57. The first-order valence-electron chi connectivity index (χ1n) is 3.56. The summed E-state index contributed by atoms with van der Waals surface area (Å²) >= 11 is 0. The zero-order chi connectivity index (χ0) is 7.98. The summed E-state index contributed by atoms with van der Waals surface area (Å²) in [7, 11) is 0. The standard InChI is InChI=1S/C7H13F3/c1-2-6(9)7(10)4-3-5-8/h6-7H,2-5H2,1H3/t6?,7-/m0/s1. The van der Waals surface area contributed by atoms with E-state index in [9.17, 15) is 13.2 Å². The molecular formula is C7H13F3. The molecule has 0 aliphatic rings. The van der Waals surface area contributed by atoms with E-state index in [-0.39, 0.29) is 19.3 Å². The van der Waals surface area contributed by atoms with E-state index in [2.05, 4.69) is 0 Å². The molecule has 1 unspecified atom stereocenters. The van der Waals surface area contributed by atoms with Crippen LogP contribution in [0.15, 0.2) is 0 Å². The Balaban J connectivity index is 3.31. The lowest BCUT2D eigenvalue weighted by Crippen LogP contribution is -2.15. The molecule has 0 nitrogen and oxygen atoms in total. The second-order valence-corrected chi connectivity index (χ2v) is 2.27. The number of rotatable bonds is 5. The SMILES string of the molecule is CCC(F)[C@@H](F)CCCF. The van der Waals surface area contributed by atoms with Crippen LogP contribution in [0.4, 0.5) is 13.2 Å². The highest BCUT2D eigenvalue weighted by atomic mass is 19.2. The zero-order valence-electron chi connectivity index (χ0n) is 6.12. The van der Waals surface area contributed by atoms with Crippen molar-refractivity contribution in [2.24, 2.45) is 0 Å². The van der Waals surface area contributed by atoms with E-state index in [1.807, 2.05) is 0 Å². The van der Waals surface area contributed by atoms with Gasteiger partial charge in [-0.15, -0.1) is 0 Å². The van der Waals surface area contributed by atoms with Crippen molar-refractivity contribution in [1.29, 1.82) is 0 Å². The summed E-state index contributed by atoms with van der Waals surface area (Å²) in [6.45, 7) is 1.02. The first kappa shape index (κ1) is 9.79. The van der Waals surface area contributed by atoms with Crippen molar-refractivity contribution >= 4 is 0 Å². The number of hydrogen-bond donors (Lipinski definition) is 0. The van der Waals surface area contributed by atoms with Gasteiger partial charge in [-0.3, -0.25) is 4.39 Å². The summed E-state index contributed by atoms with van der Waals surface area (Å²) in [5, 5.41) is 0. The monoisotopic (exact) mass is 154 g/mol. The fourth-order valence-electron chi connectivity index (χ4n) is 0.709. The van der Waals surface area contributed by atoms with Gasteiger partial charge in [0.2, 0.25) is 0 Å². The Morgan fingerprint density at radius 3 is 2.20 bits per heavy atom. The minimum Gasteiger partial charge on any atom is -0.251 e. The molecule has 0 aromatic rings. The minimum absolute atomic E-state index is 0.00546. The van der Waals surface area contributed by atoms with Gasteiger partial charge in [0.15, 0.2) is 0 Å². The molecule has 0 aliphatic carbocycles. The summed E-state index contributed by atoms with van der Waals surface area (Å²) in [5.74, 6) is 0. The summed E-state index contributed by atoms with van der Waals surface area (Å²) < 4.78 is 36.2. The highest BCUT2D eigenvalue weighted by Crippen LogP contribution is 2.13. The molecule has 0 bridgehead atoms. The molecule has 0 fully saturated rings. The molecule has 0 amide bonds. The molecule has 0 rings (SSSR count). The molecule has 2 atom stereocenters. The smallest absolute Gasteiger partial charge is 0.131 e. The largest absolute Gasteiger partial charge is 0.251 e. The Morgan fingerprint density at radius 1 is 1.20 bits per heavy atom. The van der Waals surface area contributed by atoms with E-state index in [1.165, 1.54) is 0 Å². The molecule has 10 heavy (non-hydrogen) atoms. The molecule has 0 N–H and O–H groups in total. The van der Waals surface area contributed by atoms with Crippen LogP contribution in [0, 0.1) is 0 Å². The van der Waals surface area contributed by atoms with Gasteiger partial charge in [-0.05, 0) is 19.3 Å². The van der Waals surface area contributed by atoms with E-state index >= 15 is 0 Å². The fraction of sp³-hybridized carbons (Fsp3) is 1.00. The van der Waals surface area contributed by atoms with Gasteiger partial charge in [0.05, 0.1) is 6.67 Å². The van der Waals surface area contributed by atoms with Gasteiger partial charge in [0.1, 0.15) is 12.3 Å². The second-order valence-electron chi connectivity index (χ2n) is 2.27. The number of halogens is 3. The average Bonchev–Trinajstić information content (AvgIpc) is 1.98. The van der Waals surface area contributed by atoms with Crippen LogP contribution in [0.1, 0.15) is 26.2 Å². The molecular weight excluding hydrogens is 141 g/mol. The van der Waals surface area contributed by atoms with Crippen LogP contribution < -0.4 is 0 Å². The average molecular weight is 154 g/mol. The third-order valence-electron chi connectivity index (χ3n) is 1.40. The molecule has 0 saturated heterocycles. The Morgan fingerprint density at radius 2 is 1.80 bits per heavy atom. The van der Waals surface area contributed by atoms with Crippen LogP contribution in [-0.4, -0.2) is 19.0 Å². The predicted octanol–water partition coefficient (Wildman–Crippen LogP) is 2.82. The Kier molecular flexibility index (Phi) is 5.45. The van der Waals surface area contributed by atoms with Gasteiger partial charge in [0, 0.05) is 0 Å². The third-order valence-corrected chi connectivity index (χ3v) is 1.40. The Labute approximate surface area is 59.4 Å². The molecule has 0 radical (unpaired) electrons. The first-order valence-corrected chi connectivity index (χ1v) is 3.56. The molecule has 3 heteroatoms. The van der Waals surface area contributed by atoms with E-state index in [0.717, 1.165) is 0 Å². The lowest BCUT2D eigenvalue weighted by molar-refractivity contribution is 0.149. The highest BCUT2D eigenvalue weighted by Gasteiger charge is 2.16. The van der Waals surface area contributed by atoms with Crippen LogP contribution in [0.5, 0.6) is 0 Å². The van der Waals surface area contributed by atoms with Crippen LogP contribution in [0.25, 0.3) is 0 Å². The lowest BCUT2D eigenvalue weighted by atomic mass is 10.1. The van der Waals surface area contributed by atoms with E-state index in [1.54, 1.807) is 6.92 Å². The minimum atomic E-state index is -1.47. The van der Waals surface area contributed by atoms with Gasteiger partial charge in [-0.25, -0.2) is 8.78 Å². The van der Waals surface area contributed by atoms with Gasteiger partial charge in [-0.2, -0.15) is 0 Å². The molecule has 0 aliphatic heterocycles. The van der Waals surface area contributed by atoms with Gasteiger partial charge in [0.25, 0.3) is 0 Å². The maximum Gasteiger partial charge on any atom is 0.131 e. The Bertz CT molecular complexity index is 75.3. The van der Waals surface area contributed by atoms with Crippen molar-refractivity contribution in [3.8, 4) is 0 Å². The predicted molar refractivity (Wildman–Crippen MR) is 35.3 cm³/mol. The quantitative estimate of drug-likeness (QED) is 0.571. The normalized spacial score (nSPS) is 16.8. The lowest BCUT2D eigenvalue weighted by Gasteiger charge is -2.09. The van der Waals surface area contributed by atoms with E-state index in [0.29, 0.717) is 0 Å². The number of alkyl halides is 3. The molecule has 0 saturated carbocycles. The van der Waals surface area contributed by atoms with Crippen LogP contribution in [0.2, 0.25) is 0 Å². The number of hydrogen-bond acceptors (Lipinski definition) is 0. The maximum atomic E-state index is 12.4. The van der Waals surface area contributed by atoms with Crippen LogP contribution in [-0.2, 0) is 0 Å².